The number of fused-ring (bicyclic) bond motifs is 1. The predicted octanol–water partition coefficient (Wildman–Crippen LogP) is 1.89. The molecule has 5 nitrogen and oxygen atoms in total. The van der Waals surface area contributed by atoms with E-state index in [9.17, 15) is 19.8 Å². The molecule has 2 aromatic carbocycles. The summed E-state index contributed by atoms with van der Waals surface area (Å²) in [5.74, 6) is -1.79. The molecule has 1 heterocycles. The molecule has 0 radical (unpaired) electrons. The predicted molar refractivity (Wildman–Crippen MR) is 70.4 cm³/mol. The van der Waals surface area contributed by atoms with Crippen LogP contribution < -0.4 is 0 Å². The zero-order chi connectivity index (χ0) is 14.3. The number of amides is 2. The molecule has 0 spiro atoms. The van der Waals surface area contributed by atoms with Gasteiger partial charge in [0.25, 0.3) is 11.8 Å². The summed E-state index contributed by atoms with van der Waals surface area (Å²) in [6.07, 6.45) is 0. The molecular weight excluding hydrogens is 258 g/mol. The molecule has 1 aliphatic rings. The van der Waals surface area contributed by atoms with Gasteiger partial charge < -0.3 is 10.2 Å². The minimum absolute atomic E-state index is 0.103. The van der Waals surface area contributed by atoms with E-state index in [0.29, 0.717) is 0 Å². The van der Waals surface area contributed by atoms with Crippen molar-refractivity contribution in [1.82, 2.24) is 4.90 Å². The van der Waals surface area contributed by atoms with Crippen LogP contribution in [0.3, 0.4) is 0 Å². The highest BCUT2D eigenvalue weighted by atomic mass is 16.3. The topological polar surface area (TPSA) is 77.8 Å². The fourth-order valence-electron chi connectivity index (χ4n) is 2.29. The fourth-order valence-corrected chi connectivity index (χ4v) is 2.29. The molecule has 0 aliphatic carbocycles. The molecule has 2 aromatic rings. The molecule has 0 aromatic heterocycles. The van der Waals surface area contributed by atoms with Gasteiger partial charge in [-0.05, 0) is 17.7 Å². The molecule has 5 heteroatoms. The van der Waals surface area contributed by atoms with E-state index in [2.05, 4.69) is 0 Å². The molecule has 100 valence electrons. The third-order valence-corrected chi connectivity index (χ3v) is 3.26. The molecule has 20 heavy (non-hydrogen) atoms. The van der Waals surface area contributed by atoms with E-state index in [1.807, 2.05) is 18.2 Å². The number of carbonyl (C=O) groups is 2. The van der Waals surface area contributed by atoms with Crippen molar-refractivity contribution < 1.29 is 19.8 Å². The van der Waals surface area contributed by atoms with Gasteiger partial charge >= 0.3 is 0 Å². The second-order valence-electron chi connectivity index (χ2n) is 4.54. The van der Waals surface area contributed by atoms with Gasteiger partial charge in [-0.1, -0.05) is 30.3 Å². The van der Waals surface area contributed by atoms with Gasteiger partial charge in [-0.25, -0.2) is 0 Å². The lowest BCUT2D eigenvalue weighted by Gasteiger charge is -2.13. The molecule has 3 rings (SSSR count). The smallest absolute Gasteiger partial charge is 0.265 e. The van der Waals surface area contributed by atoms with E-state index in [-0.39, 0.29) is 29.2 Å². The Morgan fingerprint density at radius 2 is 1.30 bits per heavy atom. The molecule has 2 amide bonds. The fraction of sp³-hybridized carbons (Fsp3) is 0.0667. The number of aromatic hydroxyl groups is 2. The Morgan fingerprint density at radius 3 is 1.80 bits per heavy atom. The Balaban J connectivity index is 2.02. The number of phenolic OH excluding ortho intramolecular Hbond substituents is 2. The van der Waals surface area contributed by atoms with Crippen LogP contribution in [0.4, 0.5) is 0 Å². The van der Waals surface area contributed by atoms with Crippen molar-refractivity contribution in [2.45, 2.75) is 6.54 Å². The highest BCUT2D eigenvalue weighted by Gasteiger charge is 2.40. The Hall–Kier alpha value is -2.82. The van der Waals surface area contributed by atoms with Gasteiger partial charge in [0, 0.05) is 0 Å². The van der Waals surface area contributed by atoms with Crippen molar-refractivity contribution in [2.24, 2.45) is 0 Å². The van der Waals surface area contributed by atoms with Gasteiger partial charge in [0.1, 0.15) is 11.5 Å². The zero-order valence-electron chi connectivity index (χ0n) is 10.4. The average Bonchev–Trinajstić information content (AvgIpc) is 2.70. The quantitative estimate of drug-likeness (QED) is 0.644. The van der Waals surface area contributed by atoms with E-state index >= 15 is 0 Å². The lowest BCUT2D eigenvalue weighted by Crippen LogP contribution is -2.29. The normalized spacial score (nSPS) is 13.7. The van der Waals surface area contributed by atoms with E-state index in [1.165, 1.54) is 12.1 Å². The molecule has 0 atom stereocenters. The first-order valence-electron chi connectivity index (χ1n) is 6.04. The summed E-state index contributed by atoms with van der Waals surface area (Å²) in [5.41, 5.74) is 0.526. The van der Waals surface area contributed by atoms with Crippen LogP contribution in [0.2, 0.25) is 0 Å². The maximum absolute atomic E-state index is 12.2. The van der Waals surface area contributed by atoms with Gasteiger partial charge in [0.05, 0.1) is 17.7 Å². The van der Waals surface area contributed by atoms with E-state index in [1.54, 1.807) is 12.1 Å². The minimum Gasteiger partial charge on any atom is -0.507 e. The summed E-state index contributed by atoms with van der Waals surface area (Å²) < 4.78 is 0. The Labute approximate surface area is 114 Å². The van der Waals surface area contributed by atoms with Crippen molar-refractivity contribution in [3.05, 3.63) is 59.2 Å². The van der Waals surface area contributed by atoms with Crippen LogP contribution in [0.1, 0.15) is 26.3 Å². The summed E-state index contributed by atoms with van der Waals surface area (Å²) in [6.45, 7) is 0.103. The third kappa shape index (κ3) is 1.72. The van der Waals surface area contributed by atoms with Crippen LogP contribution in [0, 0.1) is 0 Å². The van der Waals surface area contributed by atoms with Crippen LogP contribution in [0.5, 0.6) is 11.5 Å². The first kappa shape index (κ1) is 12.2. The van der Waals surface area contributed by atoms with Gasteiger partial charge in [-0.15, -0.1) is 0 Å². The van der Waals surface area contributed by atoms with Crippen LogP contribution >= 0.6 is 0 Å². The van der Waals surface area contributed by atoms with E-state index in [4.69, 9.17) is 0 Å². The largest absolute Gasteiger partial charge is 0.507 e. The maximum Gasteiger partial charge on any atom is 0.265 e. The highest BCUT2D eigenvalue weighted by Crippen LogP contribution is 2.36. The Kier molecular flexibility index (Phi) is 2.68. The molecule has 0 unspecified atom stereocenters. The number of hydrogen-bond acceptors (Lipinski definition) is 4. The summed E-state index contributed by atoms with van der Waals surface area (Å²) in [4.78, 5) is 25.5. The van der Waals surface area contributed by atoms with Gasteiger partial charge in [0.15, 0.2) is 0 Å². The monoisotopic (exact) mass is 269 g/mol. The summed E-state index contributed by atoms with van der Waals surface area (Å²) in [5, 5.41) is 19.4. The summed E-state index contributed by atoms with van der Waals surface area (Å²) in [7, 11) is 0. The van der Waals surface area contributed by atoms with Gasteiger partial charge in [-0.3, -0.25) is 14.5 Å². The van der Waals surface area contributed by atoms with Crippen LogP contribution in [0.15, 0.2) is 42.5 Å². The molecule has 0 saturated carbocycles. The number of benzene rings is 2. The van der Waals surface area contributed by atoms with E-state index in [0.717, 1.165) is 10.5 Å². The molecule has 0 bridgehead atoms. The lowest BCUT2D eigenvalue weighted by atomic mass is 10.1. The number of carbonyl (C=O) groups excluding carboxylic acids is 2. The van der Waals surface area contributed by atoms with Crippen LogP contribution in [-0.4, -0.2) is 26.9 Å². The number of hydrogen-bond donors (Lipinski definition) is 2. The third-order valence-electron chi connectivity index (χ3n) is 3.26. The second-order valence-corrected chi connectivity index (χ2v) is 4.54. The maximum atomic E-state index is 12.2. The second kappa shape index (κ2) is 4.38. The number of nitrogens with zero attached hydrogens (tertiary/aromatic N) is 1. The lowest BCUT2D eigenvalue weighted by molar-refractivity contribution is 0.0641. The van der Waals surface area contributed by atoms with E-state index < -0.39 is 11.8 Å². The summed E-state index contributed by atoms with van der Waals surface area (Å²) in [6, 6.07) is 11.4. The van der Waals surface area contributed by atoms with Crippen molar-refractivity contribution in [1.29, 1.82) is 0 Å². The average molecular weight is 269 g/mol. The van der Waals surface area contributed by atoms with Crippen molar-refractivity contribution in [3.8, 4) is 11.5 Å². The molecule has 0 fully saturated rings. The highest BCUT2D eigenvalue weighted by molar-refractivity contribution is 6.23. The first-order valence-corrected chi connectivity index (χ1v) is 6.04. The molecular formula is C15H11NO4. The number of phenols is 2. The Bertz CT molecular complexity index is 668. The van der Waals surface area contributed by atoms with Crippen LogP contribution in [-0.2, 0) is 6.54 Å². The standard InChI is InChI=1S/C15H11NO4/c17-10-6-7-11(18)13-12(10)14(19)16(15(13)20)8-9-4-2-1-3-5-9/h1-7,17-18H,8H2. The van der Waals surface area contributed by atoms with Crippen molar-refractivity contribution in [3.63, 3.8) is 0 Å². The summed E-state index contributed by atoms with van der Waals surface area (Å²) >= 11 is 0. The van der Waals surface area contributed by atoms with Crippen LogP contribution in [0.25, 0.3) is 0 Å². The Morgan fingerprint density at radius 1 is 0.800 bits per heavy atom. The molecule has 2 N–H and O–H groups in total. The first-order chi connectivity index (χ1) is 9.59. The number of imide groups is 1. The van der Waals surface area contributed by atoms with Gasteiger partial charge in [0.2, 0.25) is 0 Å². The van der Waals surface area contributed by atoms with Gasteiger partial charge in [-0.2, -0.15) is 0 Å². The SMILES string of the molecule is O=C1c2c(O)ccc(O)c2C(=O)N1Cc1ccccc1. The molecule has 1 aliphatic heterocycles. The molecule has 0 saturated heterocycles. The van der Waals surface area contributed by atoms with Crippen molar-refractivity contribution in [2.75, 3.05) is 0 Å². The minimum atomic E-state index is -0.595. The zero-order valence-corrected chi connectivity index (χ0v) is 10.4. The van der Waals surface area contributed by atoms with Crippen molar-refractivity contribution >= 4 is 11.8 Å². The number of rotatable bonds is 2.